The molecule has 0 saturated carbocycles. The van der Waals surface area contributed by atoms with Gasteiger partial charge in [0.2, 0.25) is 0 Å². The van der Waals surface area contributed by atoms with Gasteiger partial charge in [0.15, 0.2) is 5.78 Å². The van der Waals surface area contributed by atoms with Crippen molar-refractivity contribution in [3.63, 3.8) is 0 Å². The van der Waals surface area contributed by atoms with Crippen molar-refractivity contribution >= 4 is 45.8 Å². The van der Waals surface area contributed by atoms with E-state index in [1.807, 2.05) is 32.0 Å². The van der Waals surface area contributed by atoms with Crippen LogP contribution >= 0.6 is 0 Å². The molecule has 0 saturated heterocycles. The first-order valence-electron chi connectivity index (χ1n) is 15.9. The summed E-state index contributed by atoms with van der Waals surface area (Å²) in [5, 5.41) is 0. The molecular formula is C36H42N4O7. The van der Waals surface area contributed by atoms with Crippen molar-refractivity contribution in [2.45, 2.75) is 84.5 Å². The molecule has 0 aromatic carbocycles. The summed E-state index contributed by atoms with van der Waals surface area (Å²) in [5.41, 5.74) is 7.03. The number of aryl methyl sites for hydroxylation is 2. The average Bonchev–Trinajstić information content (AvgIpc) is 3.72. The number of H-pyrrole nitrogens is 2. The number of carbonyl (C=O) groups is 4. The lowest BCUT2D eigenvalue weighted by atomic mass is 9.85. The second-order valence-corrected chi connectivity index (χ2v) is 12.4. The van der Waals surface area contributed by atoms with Gasteiger partial charge >= 0.3 is 17.9 Å². The molecule has 0 radical (unpaired) electrons. The molecule has 11 heteroatoms. The second kappa shape index (κ2) is 13.1. The van der Waals surface area contributed by atoms with E-state index in [4.69, 9.17) is 24.2 Å². The highest BCUT2D eigenvalue weighted by Gasteiger charge is 2.36. The topological polar surface area (TPSA) is 153 Å². The lowest BCUT2D eigenvalue weighted by molar-refractivity contribution is -0.140. The summed E-state index contributed by atoms with van der Waals surface area (Å²) in [6.07, 6.45) is 1.22. The molecule has 0 fully saturated rings. The van der Waals surface area contributed by atoms with Crippen LogP contribution in [0.3, 0.4) is 0 Å². The molecule has 3 aromatic rings. The molecule has 0 aliphatic carbocycles. The molecule has 2 N–H and O–H groups in total. The molecule has 2 aliphatic rings. The first-order valence-corrected chi connectivity index (χ1v) is 15.9. The Morgan fingerprint density at radius 1 is 0.723 bits per heavy atom. The molecular weight excluding hydrogens is 600 g/mol. The summed E-state index contributed by atoms with van der Waals surface area (Å²) in [7, 11) is 3.89. The Balaban J connectivity index is 2.04. The lowest BCUT2D eigenvalue weighted by Gasteiger charge is -2.17. The molecule has 11 nitrogen and oxygen atoms in total. The van der Waals surface area contributed by atoms with Crippen LogP contribution in [-0.2, 0) is 19.0 Å². The normalized spacial score (nSPS) is 18.9. The maximum atomic E-state index is 13.8. The van der Waals surface area contributed by atoms with Crippen LogP contribution in [0.15, 0.2) is 18.2 Å². The van der Waals surface area contributed by atoms with E-state index in [1.54, 1.807) is 13.8 Å². The van der Waals surface area contributed by atoms with Crippen molar-refractivity contribution in [2.75, 3.05) is 21.3 Å². The van der Waals surface area contributed by atoms with Crippen LogP contribution < -0.4 is 0 Å². The molecule has 2 aliphatic heterocycles. The van der Waals surface area contributed by atoms with E-state index in [1.165, 1.54) is 21.3 Å². The fourth-order valence-corrected chi connectivity index (χ4v) is 7.12. The minimum absolute atomic E-state index is 0.0521. The number of nitrogens with zero attached hydrogens (tertiary/aromatic N) is 2. The van der Waals surface area contributed by atoms with Gasteiger partial charge in [-0.1, -0.05) is 20.8 Å². The van der Waals surface area contributed by atoms with E-state index < -0.39 is 23.8 Å². The number of aromatic amines is 2. The number of Topliss-reactive ketones (excluding diaryl/α,β-unsaturated/α-hetero) is 1. The number of rotatable bonds is 7. The molecule has 3 aromatic heterocycles. The summed E-state index contributed by atoms with van der Waals surface area (Å²) >= 11 is 0. The average molecular weight is 643 g/mol. The van der Waals surface area contributed by atoms with Crippen LogP contribution in [0.2, 0.25) is 0 Å². The zero-order chi connectivity index (χ0) is 34.3. The Morgan fingerprint density at radius 3 is 1.89 bits per heavy atom. The van der Waals surface area contributed by atoms with Gasteiger partial charge in [0.1, 0.15) is 5.56 Å². The van der Waals surface area contributed by atoms with Crippen molar-refractivity contribution in [1.29, 1.82) is 0 Å². The van der Waals surface area contributed by atoms with Crippen molar-refractivity contribution in [1.82, 2.24) is 19.9 Å². The smallest absolute Gasteiger partial charge is 0.341 e. The number of hydrogen-bond donors (Lipinski definition) is 2. The third kappa shape index (κ3) is 5.83. The van der Waals surface area contributed by atoms with Crippen molar-refractivity contribution in [2.24, 2.45) is 0 Å². The van der Waals surface area contributed by atoms with E-state index in [0.29, 0.717) is 45.5 Å². The molecule has 0 amide bonds. The largest absolute Gasteiger partial charge is 0.469 e. The number of hydrogen-bond acceptors (Lipinski definition) is 9. The van der Waals surface area contributed by atoms with E-state index >= 15 is 0 Å². The SMILES string of the molecule is CC[C@H]1c2cc3[nH]c(c(C(=O)OC)c4nc(cc5[nH]c(cc(n2)[C@@H]1C)c(C(C)=O)c5C)[C@@H](C)[C@@H]4CCC(=O)OC)c(C(=O)OC)c3C. The standard InChI is InChI=1S/C36H42N4O7/c1-10-21-16(2)23-15-28-30(20(6)41)18(4)25(38-28)13-24-17(3)22(11-12-29(42)45-7)33(39-24)32(36(44)47-9)34-31(35(43)46-8)19(5)26(40-34)14-27(21)37-23/h13-17,21-22,38,40H,10-12H2,1-9H3/t16-,17+,21-,22+/m1/s1. The molecule has 8 bridgehead atoms. The van der Waals surface area contributed by atoms with E-state index in [0.717, 1.165) is 23.4 Å². The van der Waals surface area contributed by atoms with Gasteiger partial charge in [-0.3, -0.25) is 19.6 Å². The Hall–Kier alpha value is -4.80. The van der Waals surface area contributed by atoms with Gasteiger partial charge in [-0.15, -0.1) is 0 Å². The minimum atomic E-state index is -0.694. The van der Waals surface area contributed by atoms with Crippen LogP contribution in [0.25, 0.3) is 22.1 Å². The zero-order valence-electron chi connectivity index (χ0n) is 28.4. The summed E-state index contributed by atoms with van der Waals surface area (Å²) in [6, 6.07) is 5.75. The van der Waals surface area contributed by atoms with Crippen LogP contribution in [-0.4, -0.2) is 65.0 Å². The fourth-order valence-electron chi connectivity index (χ4n) is 7.12. The van der Waals surface area contributed by atoms with Crippen LogP contribution in [0.4, 0.5) is 0 Å². The number of methoxy groups -OCH3 is 3. The predicted molar refractivity (Wildman–Crippen MR) is 177 cm³/mol. The maximum absolute atomic E-state index is 13.8. The molecule has 4 atom stereocenters. The minimum Gasteiger partial charge on any atom is -0.469 e. The second-order valence-electron chi connectivity index (χ2n) is 12.4. The van der Waals surface area contributed by atoms with Gasteiger partial charge in [0.05, 0.1) is 43.6 Å². The van der Waals surface area contributed by atoms with Gasteiger partial charge in [-0.05, 0) is 62.9 Å². The third-order valence-corrected chi connectivity index (χ3v) is 9.83. The number of aromatic nitrogens is 4. The van der Waals surface area contributed by atoms with Crippen molar-refractivity contribution in [3.05, 3.63) is 68.8 Å². The number of ether oxygens (including phenoxy) is 3. The molecule has 0 spiro atoms. The van der Waals surface area contributed by atoms with Gasteiger partial charge in [0.25, 0.3) is 0 Å². The fraction of sp³-hybridized carbons (Fsp3) is 0.444. The van der Waals surface area contributed by atoms with E-state index in [2.05, 4.69) is 23.8 Å². The van der Waals surface area contributed by atoms with Crippen LogP contribution in [0.1, 0.15) is 136 Å². The highest BCUT2D eigenvalue weighted by atomic mass is 16.5. The zero-order valence-corrected chi connectivity index (χ0v) is 28.4. The number of nitrogens with one attached hydrogen (secondary N) is 2. The first kappa shape index (κ1) is 33.6. The van der Waals surface area contributed by atoms with Crippen LogP contribution in [0, 0.1) is 13.8 Å². The lowest BCUT2D eigenvalue weighted by Crippen LogP contribution is -2.13. The van der Waals surface area contributed by atoms with Crippen molar-refractivity contribution in [3.8, 4) is 0 Å². The highest BCUT2D eigenvalue weighted by Crippen LogP contribution is 2.43. The summed E-state index contributed by atoms with van der Waals surface area (Å²) < 4.78 is 15.4. The molecule has 5 heterocycles. The Kier molecular flexibility index (Phi) is 9.38. The maximum Gasteiger partial charge on any atom is 0.341 e. The Bertz CT molecular complexity index is 1950. The summed E-state index contributed by atoms with van der Waals surface area (Å²) in [5.74, 6) is -2.34. The first-order chi connectivity index (χ1) is 22.4. The van der Waals surface area contributed by atoms with Gasteiger partial charge in [-0.2, -0.15) is 0 Å². The van der Waals surface area contributed by atoms with Crippen molar-refractivity contribution < 1.29 is 33.4 Å². The number of carbonyl (C=O) groups excluding carboxylic acids is 4. The molecule has 47 heavy (non-hydrogen) atoms. The third-order valence-electron chi connectivity index (χ3n) is 9.83. The molecule has 0 unspecified atom stereocenters. The van der Waals surface area contributed by atoms with Crippen LogP contribution in [0.5, 0.6) is 0 Å². The van der Waals surface area contributed by atoms with Gasteiger partial charge < -0.3 is 24.2 Å². The van der Waals surface area contributed by atoms with E-state index in [-0.39, 0.29) is 46.6 Å². The number of esters is 3. The highest BCUT2D eigenvalue weighted by molar-refractivity contribution is 6.09. The number of ketones is 1. The quantitative estimate of drug-likeness (QED) is 0.160. The monoisotopic (exact) mass is 642 g/mol. The number of fused-ring (bicyclic) bond motifs is 8. The van der Waals surface area contributed by atoms with Gasteiger partial charge in [-0.25, -0.2) is 9.59 Å². The Morgan fingerprint density at radius 2 is 1.28 bits per heavy atom. The van der Waals surface area contributed by atoms with Gasteiger partial charge in [0, 0.05) is 63.8 Å². The molecule has 248 valence electrons. The predicted octanol–water partition coefficient (Wildman–Crippen LogP) is 6.85. The summed E-state index contributed by atoms with van der Waals surface area (Å²) in [6.45, 7) is 11.4. The molecule has 5 rings (SSSR count). The summed E-state index contributed by atoms with van der Waals surface area (Å²) in [4.78, 5) is 69.3. The Labute approximate surface area is 273 Å². The van der Waals surface area contributed by atoms with E-state index in [9.17, 15) is 19.2 Å².